The number of ether oxygens (including phenoxy) is 1. The number of thioether (sulfide) groups is 1. The van der Waals surface area contributed by atoms with E-state index in [9.17, 15) is 14.4 Å². The van der Waals surface area contributed by atoms with Crippen LogP contribution in [0.5, 0.6) is 5.75 Å². The zero-order valence-electron chi connectivity index (χ0n) is 15.1. The highest BCUT2D eigenvalue weighted by atomic mass is 32.2. The summed E-state index contributed by atoms with van der Waals surface area (Å²) >= 11 is 7.47. The largest absolute Gasteiger partial charge is 0.497 e. The number of nitrogens with one attached hydrogen (secondary N) is 1. The molecule has 1 fully saturated rings. The van der Waals surface area contributed by atoms with E-state index in [4.69, 9.17) is 22.1 Å². The molecule has 29 heavy (non-hydrogen) atoms. The molecule has 0 atom stereocenters. The van der Waals surface area contributed by atoms with Crippen molar-refractivity contribution in [3.05, 3.63) is 45.8 Å². The van der Waals surface area contributed by atoms with Gasteiger partial charge < -0.3 is 15.2 Å². The number of hydrogen-bond acceptors (Lipinski definition) is 8. The first kappa shape index (κ1) is 21.0. The second-order valence-corrected chi connectivity index (χ2v) is 8.34. The number of aromatic nitrogens is 1. The SMILES string of the molecule is COc1ccc(/C=C2\SC(=S)N(CC(=O)Nc3nc(CC(=O)O)cs3)C2=O)cc1. The van der Waals surface area contributed by atoms with E-state index in [1.54, 1.807) is 30.7 Å². The van der Waals surface area contributed by atoms with Gasteiger partial charge in [0, 0.05) is 5.38 Å². The minimum absolute atomic E-state index is 0.225. The predicted molar refractivity (Wildman–Crippen MR) is 115 cm³/mol. The van der Waals surface area contributed by atoms with Crippen LogP contribution >= 0.6 is 35.3 Å². The molecule has 0 radical (unpaired) electrons. The second kappa shape index (κ2) is 9.16. The van der Waals surface area contributed by atoms with Gasteiger partial charge in [0.1, 0.15) is 16.6 Å². The van der Waals surface area contributed by atoms with E-state index in [0.29, 0.717) is 16.3 Å². The maximum Gasteiger partial charge on any atom is 0.309 e. The minimum atomic E-state index is -1.01. The number of anilines is 1. The fourth-order valence-corrected chi connectivity index (χ4v) is 4.37. The Morgan fingerprint density at radius 1 is 1.34 bits per heavy atom. The molecule has 1 aromatic carbocycles. The van der Waals surface area contributed by atoms with Crippen LogP contribution in [0.15, 0.2) is 34.6 Å². The van der Waals surface area contributed by atoms with E-state index in [1.807, 2.05) is 12.1 Å². The van der Waals surface area contributed by atoms with Gasteiger partial charge in [-0.1, -0.05) is 36.1 Å². The first-order chi connectivity index (χ1) is 13.9. The standard InChI is InChI=1S/C18H15N3O5S3/c1-26-12-4-2-10(3-5-12)6-13-16(25)21(18(27)29-13)8-14(22)20-17-19-11(9-28-17)7-15(23)24/h2-6,9H,7-8H2,1H3,(H,23,24)(H,19,20,22)/b13-6-. The third kappa shape index (κ3) is 5.40. The van der Waals surface area contributed by atoms with Crippen molar-refractivity contribution in [1.82, 2.24) is 9.88 Å². The molecule has 0 unspecified atom stereocenters. The van der Waals surface area contributed by atoms with Crippen LogP contribution in [0.3, 0.4) is 0 Å². The Hall–Kier alpha value is -2.76. The normalized spacial score (nSPS) is 15.1. The van der Waals surface area contributed by atoms with Crippen LogP contribution in [0.1, 0.15) is 11.3 Å². The van der Waals surface area contributed by atoms with E-state index in [0.717, 1.165) is 28.7 Å². The Bertz CT molecular complexity index is 1000. The molecule has 0 saturated carbocycles. The predicted octanol–water partition coefficient (Wildman–Crippen LogP) is 2.62. The van der Waals surface area contributed by atoms with Gasteiger partial charge in [-0.05, 0) is 23.8 Å². The summed E-state index contributed by atoms with van der Waals surface area (Å²) in [6, 6.07) is 7.20. The van der Waals surface area contributed by atoms with Crippen LogP contribution in [-0.4, -0.2) is 50.7 Å². The molecule has 2 amide bonds. The number of carbonyl (C=O) groups is 3. The zero-order valence-corrected chi connectivity index (χ0v) is 17.5. The van der Waals surface area contributed by atoms with Crippen LogP contribution in [0.4, 0.5) is 5.13 Å². The molecular weight excluding hydrogens is 434 g/mol. The number of methoxy groups -OCH3 is 1. The molecular formula is C18H15N3O5S3. The van der Waals surface area contributed by atoms with Crippen molar-refractivity contribution in [3.8, 4) is 5.75 Å². The molecule has 1 aliphatic rings. The number of thiocarbonyl (C=S) groups is 1. The van der Waals surface area contributed by atoms with Crippen molar-refractivity contribution in [2.24, 2.45) is 0 Å². The van der Waals surface area contributed by atoms with E-state index in [1.165, 1.54) is 4.90 Å². The summed E-state index contributed by atoms with van der Waals surface area (Å²) in [6.07, 6.45) is 1.48. The van der Waals surface area contributed by atoms with Crippen LogP contribution in [0, 0.1) is 0 Å². The van der Waals surface area contributed by atoms with E-state index in [-0.39, 0.29) is 28.3 Å². The van der Waals surface area contributed by atoms with Gasteiger partial charge in [-0.15, -0.1) is 11.3 Å². The summed E-state index contributed by atoms with van der Waals surface area (Å²) in [5.41, 5.74) is 1.16. The molecule has 1 aromatic heterocycles. The summed E-state index contributed by atoms with van der Waals surface area (Å²) in [5.74, 6) is -1.12. The molecule has 3 rings (SSSR count). The maximum atomic E-state index is 12.6. The summed E-state index contributed by atoms with van der Waals surface area (Å²) < 4.78 is 5.40. The topological polar surface area (TPSA) is 109 Å². The average molecular weight is 450 g/mol. The number of thiazole rings is 1. The summed E-state index contributed by atoms with van der Waals surface area (Å²) in [7, 11) is 1.57. The summed E-state index contributed by atoms with van der Waals surface area (Å²) in [5, 5.41) is 13.2. The van der Waals surface area contributed by atoms with Crippen molar-refractivity contribution in [1.29, 1.82) is 0 Å². The first-order valence-corrected chi connectivity index (χ1v) is 10.3. The third-order valence-electron chi connectivity index (χ3n) is 3.72. The molecule has 0 bridgehead atoms. The number of nitrogens with zero attached hydrogens (tertiary/aromatic N) is 2. The van der Waals surface area contributed by atoms with Crippen molar-refractivity contribution in [3.63, 3.8) is 0 Å². The Balaban J connectivity index is 1.63. The highest BCUT2D eigenvalue weighted by Crippen LogP contribution is 2.32. The number of benzene rings is 1. The molecule has 2 heterocycles. The van der Waals surface area contributed by atoms with Crippen LogP contribution < -0.4 is 10.1 Å². The van der Waals surface area contributed by atoms with E-state index >= 15 is 0 Å². The maximum absolute atomic E-state index is 12.6. The molecule has 150 valence electrons. The van der Waals surface area contributed by atoms with Gasteiger partial charge in [-0.2, -0.15) is 0 Å². The molecule has 1 aliphatic heterocycles. The minimum Gasteiger partial charge on any atom is -0.497 e. The van der Waals surface area contributed by atoms with Crippen LogP contribution in [-0.2, 0) is 20.8 Å². The Labute approximate surface area is 179 Å². The van der Waals surface area contributed by atoms with E-state index < -0.39 is 11.9 Å². The summed E-state index contributed by atoms with van der Waals surface area (Å²) in [4.78, 5) is 41.3. The lowest BCUT2D eigenvalue weighted by Crippen LogP contribution is -2.36. The Morgan fingerprint density at radius 3 is 2.72 bits per heavy atom. The highest BCUT2D eigenvalue weighted by Gasteiger charge is 2.33. The molecule has 0 aliphatic carbocycles. The van der Waals surface area contributed by atoms with Gasteiger partial charge in [0.25, 0.3) is 5.91 Å². The molecule has 8 nitrogen and oxygen atoms in total. The van der Waals surface area contributed by atoms with Gasteiger partial charge in [0.2, 0.25) is 5.91 Å². The number of carboxylic acid groups (broad SMARTS) is 1. The smallest absolute Gasteiger partial charge is 0.309 e. The van der Waals surface area contributed by atoms with Gasteiger partial charge in [-0.25, -0.2) is 4.98 Å². The van der Waals surface area contributed by atoms with Gasteiger partial charge in [0.15, 0.2) is 5.13 Å². The Kier molecular flexibility index (Phi) is 6.62. The number of aliphatic carboxylic acids is 1. The van der Waals surface area contributed by atoms with Crippen molar-refractivity contribution < 1.29 is 24.2 Å². The summed E-state index contributed by atoms with van der Waals surface area (Å²) in [6.45, 7) is -0.252. The lowest BCUT2D eigenvalue weighted by molar-refractivity contribution is -0.136. The quantitative estimate of drug-likeness (QED) is 0.491. The van der Waals surface area contributed by atoms with E-state index in [2.05, 4.69) is 10.3 Å². The Morgan fingerprint density at radius 2 is 2.07 bits per heavy atom. The molecule has 0 spiro atoms. The molecule has 11 heteroatoms. The van der Waals surface area contributed by atoms with Crippen molar-refractivity contribution in [2.75, 3.05) is 19.0 Å². The first-order valence-electron chi connectivity index (χ1n) is 8.21. The van der Waals surface area contributed by atoms with Crippen molar-refractivity contribution >= 4 is 68.6 Å². The lowest BCUT2D eigenvalue weighted by Gasteiger charge is -2.13. The third-order valence-corrected chi connectivity index (χ3v) is 5.90. The molecule has 2 aromatic rings. The fourth-order valence-electron chi connectivity index (χ4n) is 2.39. The zero-order chi connectivity index (χ0) is 21.0. The number of rotatable bonds is 7. The van der Waals surface area contributed by atoms with Crippen LogP contribution in [0.2, 0.25) is 0 Å². The fraction of sp³-hybridized carbons (Fsp3) is 0.167. The number of amides is 2. The van der Waals surface area contributed by atoms with Gasteiger partial charge in [0.05, 0.1) is 24.1 Å². The number of hydrogen-bond donors (Lipinski definition) is 2. The lowest BCUT2D eigenvalue weighted by atomic mass is 10.2. The van der Waals surface area contributed by atoms with Crippen molar-refractivity contribution in [2.45, 2.75) is 6.42 Å². The average Bonchev–Trinajstić information content (AvgIpc) is 3.21. The molecule has 2 N–H and O–H groups in total. The highest BCUT2D eigenvalue weighted by molar-refractivity contribution is 8.26. The number of carboxylic acids is 1. The second-order valence-electron chi connectivity index (χ2n) is 5.80. The van der Waals surface area contributed by atoms with Crippen LogP contribution in [0.25, 0.3) is 6.08 Å². The van der Waals surface area contributed by atoms with Gasteiger partial charge >= 0.3 is 5.97 Å². The molecule has 1 saturated heterocycles. The van der Waals surface area contributed by atoms with Gasteiger partial charge in [-0.3, -0.25) is 19.3 Å². The number of carbonyl (C=O) groups excluding carboxylic acids is 2. The monoisotopic (exact) mass is 449 g/mol.